The van der Waals surface area contributed by atoms with E-state index < -0.39 is 6.10 Å². The van der Waals surface area contributed by atoms with Gasteiger partial charge in [-0.05, 0) is 38.3 Å². The molecule has 2 rings (SSSR count). The lowest BCUT2D eigenvalue weighted by Gasteiger charge is -2.27. The van der Waals surface area contributed by atoms with Gasteiger partial charge in [-0.15, -0.1) is 5.10 Å². The first-order chi connectivity index (χ1) is 7.83. The van der Waals surface area contributed by atoms with Gasteiger partial charge in [0.05, 0.1) is 11.9 Å². The molecule has 0 aliphatic carbocycles. The van der Waals surface area contributed by atoms with Crippen LogP contribution in [0.3, 0.4) is 0 Å². The van der Waals surface area contributed by atoms with Crippen LogP contribution in [0.5, 0.6) is 0 Å². The molecule has 0 aromatic carbocycles. The van der Waals surface area contributed by atoms with Crippen LogP contribution < -0.4 is 5.32 Å². The molecule has 1 aliphatic rings. The second-order valence-corrected chi connectivity index (χ2v) is 4.41. The van der Waals surface area contributed by atoms with E-state index in [1.54, 1.807) is 6.20 Å². The van der Waals surface area contributed by atoms with Gasteiger partial charge < -0.3 is 10.4 Å². The van der Waals surface area contributed by atoms with E-state index in [0.717, 1.165) is 44.6 Å². The fourth-order valence-corrected chi connectivity index (χ4v) is 2.28. The summed E-state index contributed by atoms with van der Waals surface area (Å²) in [4.78, 5) is 0. The Bertz CT molecular complexity index is 320. The molecular weight excluding hydrogens is 204 g/mol. The Balaban J connectivity index is 2.06. The third kappa shape index (κ3) is 2.41. The van der Waals surface area contributed by atoms with Crippen LogP contribution in [0.25, 0.3) is 0 Å². The zero-order valence-electron chi connectivity index (χ0n) is 9.76. The van der Waals surface area contributed by atoms with Gasteiger partial charge in [-0.1, -0.05) is 12.1 Å². The van der Waals surface area contributed by atoms with Crippen LogP contribution in [0, 0.1) is 5.92 Å². The van der Waals surface area contributed by atoms with Gasteiger partial charge in [0.2, 0.25) is 0 Å². The molecule has 1 atom stereocenters. The van der Waals surface area contributed by atoms with E-state index in [1.165, 1.54) is 0 Å². The second kappa shape index (κ2) is 5.41. The van der Waals surface area contributed by atoms with Crippen LogP contribution in [0.4, 0.5) is 0 Å². The Morgan fingerprint density at radius 2 is 2.31 bits per heavy atom. The van der Waals surface area contributed by atoms with Crippen molar-refractivity contribution < 1.29 is 5.11 Å². The lowest BCUT2D eigenvalue weighted by atomic mass is 9.90. The molecule has 5 heteroatoms. The van der Waals surface area contributed by atoms with Crippen LogP contribution >= 0.6 is 0 Å². The standard InChI is InChI=1S/C11H20N4O/c1-2-7-15-10(8-13-14-15)11(16)9-3-5-12-6-4-9/h8-9,11-12,16H,2-7H2,1H3. The van der Waals surface area contributed by atoms with Gasteiger partial charge in [0.1, 0.15) is 6.10 Å². The summed E-state index contributed by atoms with van der Waals surface area (Å²) in [6, 6.07) is 0. The van der Waals surface area contributed by atoms with Gasteiger partial charge in [-0.2, -0.15) is 0 Å². The van der Waals surface area contributed by atoms with E-state index >= 15 is 0 Å². The van der Waals surface area contributed by atoms with Gasteiger partial charge in [-0.25, -0.2) is 4.68 Å². The van der Waals surface area contributed by atoms with Gasteiger partial charge in [0.15, 0.2) is 0 Å². The average molecular weight is 224 g/mol. The number of aryl methyl sites for hydroxylation is 1. The van der Waals surface area contributed by atoms with Crippen LogP contribution in [-0.2, 0) is 6.54 Å². The minimum atomic E-state index is -0.413. The van der Waals surface area contributed by atoms with Crippen LogP contribution in [0.2, 0.25) is 0 Å². The SMILES string of the molecule is CCCn1nncc1C(O)C1CCNCC1. The molecule has 1 aliphatic heterocycles. The molecule has 1 aromatic heterocycles. The summed E-state index contributed by atoms with van der Waals surface area (Å²) in [6.45, 7) is 4.92. The maximum atomic E-state index is 10.3. The highest BCUT2D eigenvalue weighted by atomic mass is 16.3. The van der Waals surface area contributed by atoms with Gasteiger partial charge in [-0.3, -0.25) is 0 Å². The summed E-state index contributed by atoms with van der Waals surface area (Å²) in [5, 5.41) is 21.5. The van der Waals surface area contributed by atoms with E-state index in [-0.39, 0.29) is 0 Å². The molecule has 2 heterocycles. The van der Waals surface area contributed by atoms with Crippen molar-refractivity contribution in [3.8, 4) is 0 Å². The molecule has 2 N–H and O–H groups in total. The highest BCUT2D eigenvalue weighted by Gasteiger charge is 2.25. The molecule has 5 nitrogen and oxygen atoms in total. The van der Waals surface area contributed by atoms with Crippen LogP contribution in [0.15, 0.2) is 6.20 Å². The molecule has 1 fully saturated rings. The molecule has 0 saturated carbocycles. The molecule has 16 heavy (non-hydrogen) atoms. The van der Waals surface area contributed by atoms with Crippen molar-refractivity contribution in [2.45, 2.75) is 38.8 Å². The predicted molar refractivity (Wildman–Crippen MR) is 60.9 cm³/mol. The third-order valence-electron chi connectivity index (χ3n) is 3.22. The number of rotatable bonds is 4. The smallest absolute Gasteiger partial charge is 0.100 e. The van der Waals surface area contributed by atoms with E-state index in [0.29, 0.717) is 5.92 Å². The van der Waals surface area contributed by atoms with Crippen molar-refractivity contribution in [2.24, 2.45) is 5.92 Å². The van der Waals surface area contributed by atoms with Crippen molar-refractivity contribution in [3.63, 3.8) is 0 Å². The second-order valence-electron chi connectivity index (χ2n) is 4.41. The highest BCUT2D eigenvalue weighted by molar-refractivity contribution is 5.01. The quantitative estimate of drug-likeness (QED) is 0.791. The molecule has 1 unspecified atom stereocenters. The van der Waals surface area contributed by atoms with E-state index in [1.807, 2.05) is 4.68 Å². The largest absolute Gasteiger partial charge is 0.386 e. The summed E-state index contributed by atoms with van der Waals surface area (Å²) in [5.41, 5.74) is 0.869. The number of hydrogen-bond acceptors (Lipinski definition) is 4. The lowest BCUT2D eigenvalue weighted by Crippen LogP contribution is -2.31. The average Bonchev–Trinajstić information content (AvgIpc) is 2.78. The number of piperidine rings is 1. The van der Waals surface area contributed by atoms with Gasteiger partial charge in [0, 0.05) is 6.54 Å². The summed E-state index contributed by atoms with van der Waals surface area (Å²) in [6.07, 6.45) is 4.35. The Morgan fingerprint density at radius 1 is 1.56 bits per heavy atom. The fourth-order valence-electron chi connectivity index (χ4n) is 2.28. The van der Waals surface area contributed by atoms with E-state index in [2.05, 4.69) is 22.6 Å². The Hall–Kier alpha value is -0.940. The Kier molecular flexibility index (Phi) is 3.90. The molecule has 0 bridgehead atoms. The maximum Gasteiger partial charge on any atom is 0.100 e. The van der Waals surface area contributed by atoms with Crippen LogP contribution in [-0.4, -0.2) is 33.2 Å². The molecule has 90 valence electrons. The number of aromatic nitrogens is 3. The normalized spacial score (nSPS) is 19.9. The summed E-state index contributed by atoms with van der Waals surface area (Å²) >= 11 is 0. The van der Waals surface area contributed by atoms with Crippen molar-refractivity contribution in [1.29, 1.82) is 0 Å². The third-order valence-corrected chi connectivity index (χ3v) is 3.22. The molecular formula is C11H20N4O. The molecule has 1 aromatic rings. The molecule has 0 radical (unpaired) electrons. The van der Waals surface area contributed by atoms with Gasteiger partial charge >= 0.3 is 0 Å². The number of aliphatic hydroxyl groups excluding tert-OH is 1. The zero-order valence-corrected chi connectivity index (χ0v) is 9.76. The minimum absolute atomic E-state index is 0.343. The van der Waals surface area contributed by atoms with E-state index in [4.69, 9.17) is 0 Å². The Labute approximate surface area is 95.8 Å². The van der Waals surface area contributed by atoms with Crippen molar-refractivity contribution in [2.75, 3.05) is 13.1 Å². The Morgan fingerprint density at radius 3 is 3.00 bits per heavy atom. The zero-order chi connectivity index (χ0) is 11.4. The summed E-state index contributed by atoms with van der Waals surface area (Å²) in [5.74, 6) is 0.343. The molecule has 1 saturated heterocycles. The monoisotopic (exact) mass is 224 g/mol. The highest BCUT2D eigenvalue weighted by Crippen LogP contribution is 2.27. The van der Waals surface area contributed by atoms with E-state index in [9.17, 15) is 5.11 Å². The first-order valence-corrected chi connectivity index (χ1v) is 6.10. The first kappa shape index (κ1) is 11.5. The van der Waals surface area contributed by atoms with Crippen molar-refractivity contribution >= 4 is 0 Å². The first-order valence-electron chi connectivity index (χ1n) is 6.10. The van der Waals surface area contributed by atoms with Crippen molar-refractivity contribution in [1.82, 2.24) is 20.3 Å². The maximum absolute atomic E-state index is 10.3. The molecule has 0 amide bonds. The van der Waals surface area contributed by atoms with Crippen molar-refractivity contribution in [3.05, 3.63) is 11.9 Å². The van der Waals surface area contributed by atoms with Crippen LogP contribution in [0.1, 0.15) is 38.0 Å². The summed E-state index contributed by atoms with van der Waals surface area (Å²) < 4.78 is 1.83. The number of nitrogens with one attached hydrogen (secondary N) is 1. The summed E-state index contributed by atoms with van der Waals surface area (Å²) in [7, 11) is 0. The predicted octanol–water partition coefficient (Wildman–Crippen LogP) is 0.721. The number of nitrogens with zero attached hydrogens (tertiary/aromatic N) is 3. The number of aliphatic hydroxyl groups is 1. The minimum Gasteiger partial charge on any atom is -0.386 e. The fraction of sp³-hybridized carbons (Fsp3) is 0.818. The number of hydrogen-bond donors (Lipinski definition) is 2. The topological polar surface area (TPSA) is 63.0 Å². The van der Waals surface area contributed by atoms with Gasteiger partial charge in [0.25, 0.3) is 0 Å². The lowest BCUT2D eigenvalue weighted by molar-refractivity contribution is 0.0805. The molecule has 0 spiro atoms.